The van der Waals surface area contributed by atoms with E-state index >= 15 is 0 Å². The molecule has 3 aromatic rings. The largest absolute Gasteiger partial charge is 0.351 e. The number of nitrogens with two attached hydrogens (primary N) is 1. The maximum Gasteiger partial charge on any atom is 0.351 e. The van der Waals surface area contributed by atoms with Gasteiger partial charge in [-0.25, -0.2) is 18.4 Å². The van der Waals surface area contributed by atoms with Gasteiger partial charge in [-0.15, -0.1) is 0 Å². The van der Waals surface area contributed by atoms with Gasteiger partial charge in [-0.05, 0) is 62.2 Å². The number of imide groups is 1. The number of sulfonamides is 1. The molecule has 0 bridgehead atoms. The SMILES string of the molecule is Cc1cccc(CN2C(=O)N=C(Cc3cc(C)n(-c4ccc(S(N)(=O)=O)cc4)c3C)C2=O)c1. The number of rotatable bonds is 6. The van der Waals surface area contributed by atoms with E-state index in [0.29, 0.717) is 0 Å². The number of carbonyl (C=O) groups is 2. The lowest BCUT2D eigenvalue weighted by Gasteiger charge is -2.13. The van der Waals surface area contributed by atoms with Crippen LogP contribution in [0.1, 0.15) is 28.1 Å². The van der Waals surface area contributed by atoms with Crippen LogP contribution in [-0.2, 0) is 27.8 Å². The zero-order chi connectivity index (χ0) is 23.9. The van der Waals surface area contributed by atoms with E-state index in [9.17, 15) is 18.0 Å². The van der Waals surface area contributed by atoms with Crippen LogP contribution in [0.2, 0.25) is 0 Å². The molecular weight excluding hydrogens is 440 g/mol. The molecule has 2 N–H and O–H groups in total. The lowest BCUT2D eigenvalue weighted by atomic mass is 10.1. The Hall–Kier alpha value is -3.56. The number of aromatic nitrogens is 1. The minimum Gasteiger partial charge on any atom is -0.318 e. The third-order valence-corrected chi connectivity index (χ3v) is 6.62. The smallest absolute Gasteiger partial charge is 0.318 e. The van der Waals surface area contributed by atoms with E-state index in [0.717, 1.165) is 38.7 Å². The van der Waals surface area contributed by atoms with Crippen LogP contribution in [0.25, 0.3) is 5.69 Å². The highest BCUT2D eigenvalue weighted by atomic mass is 32.2. The van der Waals surface area contributed by atoms with Gasteiger partial charge < -0.3 is 4.57 Å². The summed E-state index contributed by atoms with van der Waals surface area (Å²) in [5.41, 5.74) is 5.53. The zero-order valence-corrected chi connectivity index (χ0v) is 19.4. The Bertz CT molecular complexity index is 1400. The molecule has 2 aromatic carbocycles. The summed E-state index contributed by atoms with van der Waals surface area (Å²) in [5, 5.41) is 5.18. The molecule has 1 aromatic heterocycles. The number of hydrogen-bond acceptors (Lipinski definition) is 4. The third kappa shape index (κ3) is 4.50. The number of aryl methyl sites for hydroxylation is 2. The van der Waals surface area contributed by atoms with E-state index in [1.165, 1.54) is 12.1 Å². The summed E-state index contributed by atoms with van der Waals surface area (Å²) in [5.74, 6) is -0.385. The topological polar surface area (TPSA) is 115 Å². The number of urea groups is 1. The van der Waals surface area contributed by atoms with Crippen molar-refractivity contribution >= 4 is 27.7 Å². The van der Waals surface area contributed by atoms with Crippen LogP contribution in [0, 0.1) is 20.8 Å². The highest BCUT2D eigenvalue weighted by molar-refractivity contribution is 7.89. The van der Waals surface area contributed by atoms with Crippen LogP contribution < -0.4 is 5.14 Å². The molecule has 0 atom stereocenters. The van der Waals surface area contributed by atoms with Crippen LogP contribution in [-0.4, -0.2) is 35.5 Å². The number of amides is 3. The zero-order valence-electron chi connectivity index (χ0n) is 18.6. The van der Waals surface area contributed by atoms with Gasteiger partial charge in [0.15, 0.2) is 0 Å². The number of aliphatic imine (C=N–C) groups is 1. The highest BCUT2D eigenvalue weighted by Crippen LogP contribution is 2.24. The third-order valence-electron chi connectivity index (χ3n) is 5.69. The molecule has 0 aliphatic carbocycles. The van der Waals surface area contributed by atoms with E-state index < -0.39 is 16.1 Å². The van der Waals surface area contributed by atoms with E-state index in [4.69, 9.17) is 5.14 Å². The summed E-state index contributed by atoms with van der Waals surface area (Å²) in [6, 6.07) is 15.3. The Kier molecular flexibility index (Phi) is 5.77. The Morgan fingerprint density at radius 3 is 2.30 bits per heavy atom. The Balaban J connectivity index is 1.56. The Morgan fingerprint density at radius 1 is 0.970 bits per heavy atom. The second kappa shape index (κ2) is 8.42. The molecule has 33 heavy (non-hydrogen) atoms. The predicted molar refractivity (Wildman–Crippen MR) is 125 cm³/mol. The number of hydrogen-bond donors (Lipinski definition) is 1. The first-order chi connectivity index (χ1) is 15.5. The minimum atomic E-state index is -3.77. The molecule has 9 heteroatoms. The van der Waals surface area contributed by atoms with Gasteiger partial charge in [0.25, 0.3) is 5.91 Å². The molecule has 0 spiro atoms. The number of carbonyl (C=O) groups excluding carboxylic acids is 2. The van der Waals surface area contributed by atoms with Crippen molar-refractivity contribution in [2.45, 2.75) is 38.6 Å². The molecule has 8 nitrogen and oxygen atoms in total. The molecular formula is C24H24N4O4S. The van der Waals surface area contributed by atoms with Crippen LogP contribution in [0.4, 0.5) is 4.79 Å². The molecule has 0 saturated heterocycles. The van der Waals surface area contributed by atoms with Gasteiger partial charge in [0.2, 0.25) is 10.0 Å². The summed E-state index contributed by atoms with van der Waals surface area (Å²) >= 11 is 0. The lowest BCUT2D eigenvalue weighted by molar-refractivity contribution is -0.121. The van der Waals surface area contributed by atoms with Crippen LogP contribution in [0.15, 0.2) is 64.5 Å². The second-order valence-electron chi connectivity index (χ2n) is 8.17. The summed E-state index contributed by atoms with van der Waals surface area (Å²) in [7, 11) is -3.77. The second-order valence-corrected chi connectivity index (χ2v) is 9.73. The monoisotopic (exact) mass is 464 g/mol. The predicted octanol–water partition coefficient (Wildman–Crippen LogP) is 3.20. The molecule has 2 heterocycles. The molecule has 170 valence electrons. The Labute approximate surface area is 192 Å². The lowest BCUT2D eigenvalue weighted by Crippen LogP contribution is -2.32. The molecule has 4 rings (SSSR count). The number of benzene rings is 2. The summed E-state index contributed by atoms with van der Waals surface area (Å²) < 4.78 is 25.0. The van der Waals surface area contributed by atoms with Crippen molar-refractivity contribution in [2.24, 2.45) is 10.1 Å². The van der Waals surface area contributed by atoms with Gasteiger partial charge in [0, 0.05) is 23.5 Å². The van der Waals surface area contributed by atoms with Gasteiger partial charge in [0.05, 0.1) is 11.4 Å². The van der Waals surface area contributed by atoms with Crippen LogP contribution >= 0.6 is 0 Å². The minimum absolute atomic E-state index is 0.0343. The van der Waals surface area contributed by atoms with E-state index in [1.807, 2.05) is 55.7 Å². The van der Waals surface area contributed by atoms with E-state index in [2.05, 4.69) is 4.99 Å². The van der Waals surface area contributed by atoms with Crippen molar-refractivity contribution in [3.05, 3.63) is 82.7 Å². The molecule has 0 saturated carbocycles. The molecule has 0 fully saturated rings. The molecule has 1 aliphatic rings. The van der Waals surface area contributed by atoms with Crippen molar-refractivity contribution in [1.82, 2.24) is 9.47 Å². The van der Waals surface area contributed by atoms with Gasteiger partial charge in [-0.3, -0.25) is 9.69 Å². The average Bonchev–Trinajstić information content (AvgIpc) is 3.17. The van der Waals surface area contributed by atoms with Crippen LogP contribution in [0.5, 0.6) is 0 Å². The van der Waals surface area contributed by atoms with E-state index in [-0.39, 0.29) is 29.5 Å². The van der Waals surface area contributed by atoms with Gasteiger partial charge in [-0.2, -0.15) is 4.99 Å². The molecule has 3 amide bonds. The fraction of sp³-hybridized carbons (Fsp3) is 0.208. The van der Waals surface area contributed by atoms with Crippen LogP contribution in [0.3, 0.4) is 0 Å². The molecule has 1 aliphatic heterocycles. The number of primary sulfonamides is 1. The average molecular weight is 465 g/mol. The fourth-order valence-electron chi connectivity index (χ4n) is 4.08. The van der Waals surface area contributed by atoms with Crippen molar-refractivity contribution in [2.75, 3.05) is 0 Å². The maximum absolute atomic E-state index is 12.9. The first-order valence-electron chi connectivity index (χ1n) is 10.3. The standard InChI is InChI=1S/C24H24N4O4S/c1-15-5-4-6-18(11-15)14-27-23(29)22(26-24(27)30)13-19-12-16(2)28(17(19)3)20-7-9-21(10-8-20)33(25,31)32/h4-12H,13-14H2,1-3H3,(H2,25,31,32). The van der Waals surface area contributed by atoms with Crippen molar-refractivity contribution < 1.29 is 18.0 Å². The van der Waals surface area contributed by atoms with Gasteiger partial charge in [-0.1, -0.05) is 29.8 Å². The first-order valence-corrected chi connectivity index (χ1v) is 11.9. The van der Waals surface area contributed by atoms with Crippen molar-refractivity contribution in [3.8, 4) is 5.69 Å². The highest BCUT2D eigenvalue weighted by Gasteiger charge is 2.33. The Morgan fingerprint density at radius 2 is 1.67 bits per heavy atom. The summed E-state index contributed by atoms with van der Waals surface area (Å²) in [6.07, 6.45) is 0.226. The first kappa shape index (κ1) is 22.6. The van der Waals surface area contributed by atoms with E-state index in [1.54, 1.807) is 12.1 Å². The van der Waals surface area contributed by atoms with Gasteiger partial charge >= 0.3 is 6.03 Å². The van der Waals surface area contributed by atoms with Crippen molar-refractivity contribution in [1.29, 1.82) is 0 Å². The molecule has 0 radical (unpaired) electrons. The quantitative estimate of drug-likeness (QED) is 0.603. The number of nitrogens with zero attached hydrogens (tertiary/aromatic N) is 3. The fourth-order valence-corrected chi connectivity index (χ4v) is 4.60. The summed E-state index contributed by atoms with van der Waals surface area (Å²) in [6.45, 7) is 5.96. The van der Waals surface area contributed by atoms with Crippen molar-refractivity contribution in [3.63, 3.8) is 0 Å². The van der Waals surface area contributed by atoms with Gasteiger partial charge in [0.1, 0.15) is 5.71 Å². The maximum atomic E-state index is 12.9. The molecule has 0 unspecified atom stereocenters. The normalized spacial score (nSPS) is 14.2. The summed E-state index contributed by atoms with van der Waals surface area (Å²) in [4.78, 5) is 30.5.